The van der Waals surface area contributed by atoms with Gasteiger partial charge in [0.25, 0.3) is 0 Å². The molecule has 1 N–H and O–H groups in total. The second-order valence-corrected chi connectivity index (χ2v) is 6.18. The number of fused-ring (bicyclic) bond motifs is 2. The van der Waals surface area contributed by atoms with Gasteiger partial charge in [0.1, 0.15) is 11.6 Å². The quantitative estimate of drug-likeness (QED) is 0.501. The van der Waals surface area contributed by atoms with Crippen molar-refractivity contribution >= 4 is 21.8 Å². The van der Waals surface area contributed by atoms with E-state index in [0.717, 1.165) is 10.9 Å². The van der Waals surface area contributed by atoms with E-state index < -0.39 is 0 Å². The second-order valence-electron chi connectivity index (χ2n) is 6.18. The highest BCUT2D eigenvalue weighted by Gasteiger charge is 2.11. The molecule has 0 bridgehead atoms. The number of halogens is 1. The lowest BCUT2D eigenvalue weighted by atomic mass is 10.2. The Morgan fingerprint density at radius 2 is 1.89 bits per heavy atom. The first-order chi connectivity index (χ1) is 13.7. The van der Waals surface area contributed by atoms with E-state index in [-0.39, 0.29) is 17.7 Å². The Labute approximate surface area is 158 Å². The van der Waals surface area contributed by atoms with Gasteiger partial charge in [-0.3, -0.25) is 4.98 Å². The molecule has 0 atom stereocenters. The van der Waals surface area contributed by atoms with Gasteiger partial charge < -0.3 is 14.4 Å². The monoisotopic (exact) mass is 372 g/mol. The van der Waals surface area contributed by atoms with Crippen molar-refractivity contribution in [2.75, 3.05) is 0 Å². The Balaban J connectivity index is 1.52. The van der Waals surface area contributed by atoms with Crippen molar-refractivity contribution in [1.82, 2.24) is 19.5 Å². The summed E-state index contributed by atoms with van der Waals surface area (Å²) in [5.41, 5.74) is 1.79. The van der Waals surface area contributed by atoms with Crippen LogP contribution in [0, 0.1) is 5.82 Å². The van der Waals surface area contributed by atoms with Crippen LogP contribution in [0.5, 0.6) is 17.6 Å². The van der Waals surface area contributed by atoms with Crippen LogP contribution in [0.2, 0.25) is 0 Å². The Morgan fingerprint density at radius 3 is 2.79 bits per heavy atom. The van der Waals surface area contributed by atoms with Gasteiger partial charge >= 0.3 is 6.01 Å². The van der Waals surface area contributed by atoms with Gasteiger partial charge in [-0.05, 0) is 42.5 Å². The van der Waals surface area contributed by atoms with E-state index in [4.69, 9.17) is 4.74 Å². The van der Waals surface area contributed by atoms with E-state index in [9.17, 15) is 9.50 Å². The average molecular weight is 372 g/mol. The predicted molar refractivity (Wildman–Crippen MR) is 102 cm³/mol. The molecule has 0 fully saturated rings. The molecule has 28 heavy (non-hydrogen) atoms. The topological polar surface area (TPSA) is 73.1 Å². The smallest absolute Gasteiger partial charge is 0.325 e. The third-order valence-electron chi connectivity index (χ3n) is 4.44. The molecule has 3 heterocycles. The van der Waals surface area contributed by atoms with Gasteiger partial charge in [0.2, 0.25) is 5.88 Å². The normalized spacial score (nSPS) is 11.2. The molecule has 0 amide bonds. The van der Waals surface area contributed by atoms with Crippen LogP contribution in [0.1, 0.15) is 0 Å². The Morgan fingerprint density at radius 1 is 1.00 bits per heavy atom. The van der Waals surface area contributed by atoms with E-state index in [1.165, 1.54) is 12.3 Å². The van der Waals surface area contributed by atoms with Gasteiger partial charge in [-0.1, -0.05) is 12.1 Å². The number of nitrogens with zero attached hydrogens (tertiary/aromatic N) is 4. The molecule has 5 rings (SSSR count). The summed E-state index contributed by atoms with van der Waals surface area (Å²) in [5, 5.41) is 11.4. The highest BCUT2D eigenvalue weighted by atomic mass is 19.1. The molecule has 0 aliphatic rings. The first-order valence-electron chi connectivity index (χ1n) is 8.54. The van der Waals surface area contributed by atoms with E-state index in [1.807, 2.05) is 12.1 Å². The summed E-state index contributed by atoms with van der Waals surface area (Å²) < 4.78 is 21.6. The molecule has 0 radical (unpaired) electrons. The van der Waals surface area contributed by atoms with Crippen LogP contribution < -0.4 is 4.74 Å². The molecule has 0 aliphatic heterocycles. The average Bonchev–Trinajstić information content (AvgIpc) is 3.11. The summed E-state index contributed by atoms with van der Waals surface area (Å²) in [7, 11) is 0. The van der Waals surface area contributed by atoms with Gasteiger partial charge in [0.05, 0.1) is 28.3 Å². The van der Waals surface area contributed by atoms with Crippen LogP contribution in [0.3, 0.4) is 0 Å². The third kappa shape index (κ3) is 2.69. The number of ether oxygens (including phenoxy) is 1. The highest BCUT2D eigenvalue weighted by molar-refractivity contribution is 5.84. The van der Waals surface area contributed by atoms with Crippen molar-refractivity contribution in [1.29, 1.82) is 0 Å². The Hall–Kier alpha value is -4.00. The van der Waals surface area contributed by atoms with Crippen LogP contribution in [0.25, 0.3) is 27.5 Å². The first kappa shape index (κ1) is 16.2. The number of aromatic nitrogens is 4. The molecule has 0 saturated heterocycles. The van der Waals surface area contributed by atoms with Crippen LogP contribution in [0.15, 0.2) is 73.2 Å². The van der Waals surface area contributed by atoms with Gasteiger partial charge in [0.15, 0.2) is 0 Å². The van der Waals surface area contributed by atoms with Gasteiger partial charge in [0, 0.05) is 17.8 Å². The fourth-order valence-electron chi connectivity index (χ4n) is 3.14. The molecule has 2 aromatic carbocycles. The number of rotatable bonds is 3. The highest BCUT2D eigenvalue weighted by Crippen LogP contribution is 2.29. The number of hydrogen-bond donors (Lipinski definition) is 1. The van der Waals surface area contributed by atoms with E-state index >= 15 is 0 Å². The standard InChI is InChI=1S/C21H13FN4O2/c22-16-3-1-2-4-19(16)26-10-8-13-11-14(5-6-18(13)26)28-21-24-17-12-23-9-7-15(17)20(27)25-21/h1-12H,(H,24,25,27). The number of hydrogen-bond acceptors (Lipinski definition) is 5. The lowest BCUT2D eigenvalue weighted by molar-refractivity contribution is 0.412. The number of benzene rings is 2. The molecule has 136 valence electrons. The maximum Gasteiger partial charge on any atom is 0.325 e. The lowest BCUT2D eigenvalue weighted by Crippen LogP contribution is -1.96. The van der Waals surface area contributed by atoms with Crippen molar-refractivity contribution in [2.24, 2.45) is 0 Å². The van der Waals surface area contributed by atoms with Crippen molar-refractivity contribution < 1.29 is 14.2 Å². The predicted octanol–water partition coefficient (Wildman–Crippen LogP) is 4.61. The Kier molecular flexibility index (Phi) is 3.65. The largest absolute Gasteiger partial charge is 0.493 e. The van der Waals surface area contributed by atoms with Crippen molar-refractivity contribution in [3.8, 4) is 23.3 Å². The van der Waals surface area contributed by atoms with Crippen LogP contribution >= 0.6 is 0 Å². The summed E-state index contributed by atoms with van der Waals surface area (Å²) in [5.74, 6) is 0.0320. The molecular weight excluding hydrogens is 359 g/mol. The zero-order valence-electron chi connectivity index (χ0n) is 14.5. The SMILES string of the molecule is Oc1nc(Oc2ccc3c(ccn3-c3ccccc3F)c2)nc2cnccc12. The summed E-state index contributed by atoms with van der Waals surface area (Å²) in [6.07, 6.45) is 4.89. The minimum absolute atomic E-state index is 0.0193. The minimum Gasteiger partial charge on any atom is -0.493 e. The van der Waals surface area contributed by atoms with Gasteiger partial charge in [-0.15, -0.1) is 0 Å². The Bertz CT molecular complexity index is 1330. The zero-order chi connectivity index (χ0) is 19.1. The number of aromatic hydroxyl groups is 1. The molecule has 0 aliphatic carbocycles. The second kappa shape index (κ2) is 6.31. The fourth-order valence-corrected chi connectivity index (χ4v) is 3.14. The summed E-state index contributed by atoms with van der Waals surface area (Å²) in [4.78, 5) is 12.2. The molecule has 5 aromatic rings. The molecule has 0 unspecified atom stereocenters. The molecule has 0 spiro atoms. The number of pyridine rings is 1. The van der Waals surface area contributed by atoms with Gasteiger partial charge in [-0.25, -0.2) is 4.39 Å². The first-order valence-corrected chi connectivity index (χ1v) is 8.54. The summed E-state index contributed by atoms with van der Waals surface area (Å²) >= 11 is 0. The van der Waals surface area contributed by atoms with Crippen LogP contribution in [-0.4, -0.2) is 24.6 Å². The third-order valence-corrected chi connectivity index (χ3v) is 4.44. The van der Waals surface area contributed by atoms with E-state index in [1.54, 1.807) is 53.4 Å². The molecule has 7 heteroatoms. The fraction of sp³-hybridized carbons (Fsp3) is 0. The maximum absolute atomic E-state index is 14.1. The molecule has 0 saturated carbocycles. The summed E-state index contributed by atoms with van der Waals surface area (Å²) in [6.45, 7) is 0. The maximum atomic E-state index is 14.1. The van der Waals surface area contributed by atoms with Crippen molar-refractivity contribution in [3.05, 3.63) is 79.0 Å². The van der Waals surface area contributed by atoms with E-state index in [2.05, 4.69) is 15.0 Å². The van der Waals surface area contributed by atoms with Gasteiger partial charge in [-0.2, -0.15) is 9.97 Å². The minimum atomic E-state index is -0.297. The van der Waals surface area contributed by atoms with Crippen LogP contribution in [0.4, 0.5) is 4.39 Å². The zero-order valence-corrected chi connectivity index (χ0v) is 14.5. The molecule has 6 nitrogen and oxygen atoms in total. The molecular formula is C21H13FN4O2. The van der Waals surface area contributed by atoms with Crippen molar-refractivity contribution in [2.45, 2.75) is 0 Å². The summed E-state index contributed by atoms with van der Waals surface area (Å²) in [6, 6.07) is 15.5. The lowest BCUT2D eigenvalue weighted by Gasteiger charge is -2.08. The van der Waals surface area contributed by atoms with Crippen molar-refractivity contribution in [3.63, 3.8) is 0 Å². The van der Waals surface area contributed by atoms with E-state index in [0.29, 0.717) is 22.3 Å². The van der Waals surface area contributed by atoms with Crippen LogP contribution in [-0.2, 0) is 0 Å². The number of para-hydroxylation sites is 1. The molecule has 3 aromatic heterocycles.